The Morgan fingerprint density at radius 1 is 0.952 bits per heavy atom. The Bertz CT molecular complexity index is 494. The Hall–Kier alpha value is 1.21. The molecule has 1 nitrogen and oxygen atoms in total. The SMILES string of the molecule is CC(C)C([O])c1cccc(C(Cl)(Cl)C(Cl)(Cl)C(Cl)(Cl)Cl)c1. The molecule has 0 bridgehead atoms. The van der Waals surface area contributed by atoms with Gasteiger partial charge in [-0.1, -0.05) is 113 Å². The highest BCUT2D eigenvalue weighted by molar-refractivity contribution is 6.78. The van der Waals surface area contributed by atoms with Crippen LogP contribution in [0.15, 0.2) is 24.3 Å². The molecule has 21 heavy (non-hydrogen) atoms. The van der Waals surface area contributed by atoms with E-state index in [0.717, 1.165) is 0 Å². The molecule has 0 heterocycles. The van der Waals surface area contributed by atoms with E-state index in [0.29, 0.717) is 5.56 Å². The van der Waals surface area contributed by atoms with Gasteiger partial charge in [-0.05, 0) is 23.1 Å². The Labute approximate surface area is 159 Å². The normalized spacial score (nSPS) is 15.4. The smallest absolute Gasteiger partial charge is 0.226 e. The van der Waals surface area contributed by atoms with Crippen LogP contribution in [0.3, 0.4) is 0 Å². The van der Waals surface area contributed by atoms with Crippen molar-refractivity contribution in [1.82, 2.24) is 0 Å². The Balaban J connectivity index is 3.30. The van der Waals surface area contributed by atoms with Crippen molar-refractivity contribution in [3.63, 3.8) is 0 Å². The van der Waals surface area contributed by atoms with Gasteiger partial charge in [0.1, 0.15) is 6.10 Å². The first-order chi connectivity index (χ1) is 9.32. The molecule has 119 valence electrons. The van der Waals surface area contributed by atoms with E-state index in [1.54, 1.807) is 18.2 Å². The molecule has 0 saturated carbocycles. The van der Waals surface area contributed by atoms with Crippen LogP contribution in [-0.2, 0) is 9.44 Å². The van der Waals surface area contributed by atoms with Gasteiger partial charge in [0.2, 0.25) is 8.13 Å². The highest BCUT2D eigenvalue weighted by Crippen LogP contribution is 2.60. The molecule has 0 saturated heterocycles. The van der Waals surface area contributed by atoms with Crippen molar-refractivity contribution in [3.8, 4) is 0 Å². The second-order valence-corrected chi connectivity index (χ2v) is 9.87. The zero-order valence-corrected chi connectivity index (χ0v) is 16.3. The minimum atomic E-state index is -2.13. The molecule has 0 aliphatic heterocycles. The fourth-order valence-electron chi connectivity index (χ4n) is 1.66. The van der Waals surface area contributed by atoms with Crippen LogP contribution in [0.4, 0.5) is 0 Å². The highest BCUT2D eigenvalue weighted by atomic mass is 35.6. The van der Waals surface area contributed by atoms with Crippen LogP contribution in [-0.4, -0.2) is 8.13 Å². The molecule has 0 N–H and O–H groups in total. The lowest BCUT2D eigenvalue weighted by Gasteiger charge is -2.38. The first-order valence-electron chi connectivity index (χ1n) is 5.91. The molecular weight excluding hydrogens is 420 g/mol. The van der Waals surface area contributed by atoms with E-state index >= 15 is 0 Å². The van der Waals surface area contributed by atoms with Crippen LogP contribution in [0, 0.1) is 5.92 Å². The number of benzene rings is 1. The molecular formula is C13H12Cl7O. The van der Waals surface area contributed by atoms with Crippen molar-refractivity contribution in [1.29, 1.82) is 0 Å². The fraction of sp³-hybridized carbons (Fsp3) is 0.538. The maximum absolute atomic E-state index is 12.1. The summed E-state index contributed by atoms with van der Waals surface area (Å²) in [7, 11) is 0. The molecule has 0 spiro atoms. The lowest BCUT2D eigenvalue weighted by molar-refractivity contribution is 0.0487. The molecule has 1 aromatic rings. The zero-order valence-electron chi connectivity index (χ0n) is 11.0. The van der Waals surface area contributed by atoms with Gasteiger partial charge in [-0.3, -0.25) is 0 Å². The van der Waals surface area contributed by atoms with Gasteiger partial charge < -0.3 is 0 Å². The predicted octanol–water partition coefficient (Wildman–Crippen LogP) is 6.99. The van der Waals surface area contributed by atoms with Crippen LogP contribution < -0.4 is 0 Å². The number of halogens is 7. The summed E-state index contributed by atoms with van der Waals surface area (Å²) in [5, 5.41) is 12.1. The molecule has 1 atom stereocenters. The molecule has 0 aromatic heterocycles. The molecule has 1 rings (SSSR count). The van der Waals surface area contributed by atoms with E-state index < -0.39 is 18.6 Å². The van der Waals surface area contributed by atoms with E-state index in [1.165, 1.54) is 6.07 Å². The van der Waals surface area contributed by atoms with Crippen LogP contribution in [0.25, 0.3) is 0 Å². The number of hydrogen-bond donors (Lipinski definition) is 0. The van der Waals surface area contributed by atoms with E-state index in [-0.39, 0.29) is 11.5 Å². The second kappa shape index (κ2) is 6.99. The van der Waals surface area contributed by atoms with E-state index in [2.05, 4.69) is 0 Å². The lowest BCUT2D eigenvalue weighted by atomic mass is 9.96. The summed E-state index contributed by atoms with van der Waals surface area (Å²) in [5.74, 6) is -0.106. The highest BCUT2D eigenvalue weighted by Gasteiger charge is 2.60. The zero-order chi connectivity index (χ0) is 16.6. The third kappa shape index (κ3) is 4.19. The largest absolute Gasteiger partial charge is 0.228 e. The maximum Gasteiger partial charge on any atom is 0.226 e. The Morgan fingerprint density at radius 3 is 1.90 bits per heavy atom. The van der Waals surface area contributed by atoms with Gasteiger partial charge in [0, 0.05) is 0 Å². The number of rotatable bonds is 4. The summed E-state index contributed by atoms with van der Waals surface area (Å²) in [6, 6.07) is 6.38. The van der Waals surface area contributed by atoms with Gasteiger partial charge in [-0.2, -0.15) is 0 Å². The standard InChI is InChI=1S/C13H12Cl7O/c1-7(2)10(21)8-4-3-5-9(6-8)11(14,15)12(16,17)13(18,19)20/h3-7,10H,1-2H3. The lowest BCUT2D eigenvalue weighted by Crippen LogP contribution is -2.45. The number of alkyl halides is 7. The molecule has 1 aromatic carbocycles. The molecule has 0 fully saturated rings. The molecule has 8 heteroatoms. The van der Waals surface area contributed by atoms with E-state index in [9.17, 15) is 5.11 Å². The average molecular weight is 432 g/mol. The van der Waals surface area contributed by atoms with Crippen LogP contribution in [0.2, 0.25) is 0 Å². The van der Waals surface area contributed by atoms with Crippen molar-refractivity contribution in [2.75, 3.05) is 0 Å². The molecule has 1 radical (unpaired) electrons. The third-order valence-electron chi connectivity index (χ3n) is 2.93. The van der Waals surface area contributed by atoms with Gasteiger partial charge in [0.15, 0.2) is 4.33 Å². The topological polar surface area (TPSA) is 19.9 Å². The van der Waals surface area contributed by atoms with Crippen LogP contribution >= 0.6 is 81.2 Å². The Morgan fingerprint density at radius 2 is 1.48 bits per heavy atom. The van der Waals surface area contributed by atoms with Crippen molar-refractivity contribution in [2.24, 2.45) is 5.92 Å². The van der Waals surface area contributed by atoms with E-state index in [4.69, 9.17) is 81.2 Å². The summed E-state index contributed by atoms with van der Waals surface area (Å²) in [6.07, 6.45) is -0.943. The van der Waals surface area contributed by atoms with Crippen molar-refractivity contribution in [3.05, 3.63) is 35.4 Å². The van der Waals surface area contributed by atoms with Gasteiger partial charge in [-0.15, -0.1) is 0 Å². The summed E-state index contributed by atoms with van der Waals surface area (Å²) >= 11 is 41.8. The van der Waals surface area contributed by atoms with Gasteiger partial charge >= 0.3 is 0 Å². The van der Waals surface area contributed by atoms with Crippen molar-refractivity contribution >= 4 is 81.2 Å². The van der Waals surface area contributed by atoms with Gasteiger partial charge in [0.05, 0.1) is 0 Å². The Kier molecular flexibility index (Phi) is 6.74. The quantitative estimate of drug-likeness (QED) is 0.457. The first-order valence-corrected chi connectivity index (χ1v) is 8.55. The van der Waals surface area contributed by atoms with Gasteiger partial charge in [-0.25, -0.2) is 5.11 Å². The van der Waals surface area contributed by atoms with Crippen LogP contribution in [0.1, 0.15) is 31.1 Å². The predicted molar refractivity (Wildman–Crippen MR) is 92.8 cm³/mol. The van der Waals surface area contributed by atoms with Crippen LogP contribution in [0.5, 0.6) is 0 Å². The fourth-order valence-corrected chi connectivity index (χ4v) is 3.11. The molecule has 0 aliphatic carbocycles. The minimum Gasteiger partial charge on any atom is -0.228 e. The molecule has 1 unspecified atom stereocenters. The second-order valence-electron chi connectivity index (χ2n) is 4.94. The maximum atomic E-state index is 12.1. The molecule has 0 amide bonds. The summed E-state index contributed by atoms with van der Waals surface area (Å²) in [5.41, 5.74) is 0.780. The monoisotopic (exact) mass is 429 g/mol. The first kappa shape index (κ1) is 20.3. The van der Waals surface area contributed by atoms with Gasteiger partial charge in [0.25, 0.3) is 0 Å². The van der Waals surface area contributed by atoms with E-state index in [1.807, 2.05) is 13.8 Å². The van der Waals surface area contributed by atoms with Crippen molar-refractivity contribution in [2.45, 2.75) is 32.4 Å². The summed E-state index contributed by atoms with van der Waals surface area (Å²) in [6.45, 7) is 3.63. The van der Waals surface area contributed by atoms with Crippen molar-refractivity contribution < 1.29 is 5.11 Å². The molecule has 0 aliphatic rings. The minimum absolute atomic E-state index is 0.106. The average Bonchev–Trinajstić information content (AvgIpc) is 2.36. The summed E-state index contributed by atoms with van der Waals surface area (Å²) in [4.78, 5) is 0. The summed E-state index contributed by atoms with van der Waals surface area (Å²) < 4.78 is -6.18. The third-order valence-corrected chi connectivity index (χ3v) is 6.89. The number of hydrogen-bond acceptors (Lipinski definition) is 0.